The monoisotopic (exact) mass is 239 g/mol. The van der Waals surface area contributed by atoms with Gasteiger partial charge in [-0.05, 0) is 12.8 Å². The van der Waals surface area contributed by atoms with Gasteiger partial charge in [0.15, 0.2) is 0 Å². The van der Waals surface area contributed by atoms with Gasteiger partial charge in [-0.1, -0.05) is 27.7 Å². The van der Waals surface area contributed by atoms with Crippen molar-refractivity contribution in [2.75, 3.05) is 6.54 Å². The van der Waals surface area contributed by atoms with Crippen LogP contribution >= 0.6 is 0 Å². The maximum absolute atomic E-state index is 12.4. The van der Waals surface area contributed by atoms with E-state index in [9.17, 15) is 18.0 Å². The number of halogens is 3. The van der Waals surface area contributed by atoms with Crippen LogP contribution in [0.3, 0.4) is 0 Å². The molecule has 96 valence electrons. The Hall–Kier alpha value is -0.740. The molecule has 1 aliphatic rings. The summed E-state index contributed by atoms with van der Waals surface area (Å²) in [6, 6.07) is 0. The van der Waals surface area contributed by atoms with E-state index in [1.165, 1.54) is 0 Å². The van der Waals surface area contributed by atoms with Crippen LogP contribution in [0.5, 0.6) is 0 Å². The lowest BCUT2D eigenvalue weighted by molar-refractivity contribution is -0.189. The Morgan fingerprint density at radius 2 is 1.94 bits per heavy atom. The van der Waals surface area contributed by atoms with E-state index < -0.39 is 17.5 Å². The van der Waals surface area contributed by atoms with Crippen molar-refractivity contribution in [3.05, 3.63) is 0 Å². The molecule has 0 aromatic rings. The Morgan fingerprint density at radius 1 is 1.44 bits per heavy atom. The van der Waals surface area contributed by atoms with Crippen molar-refractivity contribution in [2.24, 2.45) is 11.3 Å². The first-order chi connectivity index (χ1) is 7.29. The molecule has 0 radical (unpaired) electrons. The fraction of sp³-hybridized carbons (Fsp3) is 0.909. The van der Waals surface area contributed by atoms with E-state index in [1.807, 2.05) is 13.8 Å². The van der Waals surface area contributed by atoms with Gasteiger partial charge in [0.1, 0.15) is 0 Å². The molecule has 5 heteroatoms. The molecular weight excluding hydrogens is 219 g/mol. The van der Waals surface area contributed by atoms with Gasteiger partial charge in [0.05, 0.1) is 5.92 Å². The highest BCUT2D eigenvalue weighted by molar-refractivity contribution is 5.82. The Kier molecular flexibility index (Phi) is 5.29. The Bertz CT molecular complexity index is 240. The summed E-state index contributed by atoms with van der Waals surface area (Å²) < 4.78 is 37.2. The van der Waals surface area contributed by atoms with Crippen LogP contribution in [0.15, 0.2) is 0 Å². The molecule has 1 heterocycles. The molecule has 2 nitrogen and oxygen atoms in total. The van der Waals surface area contributed by atoms with Gasteiger partial charge in [0.2, 0.25) is 5.91 Å². The SMILES string of the molecule is CC.CCC1(C)CC(C(F)(F)F)CNC1=O. The number of carbonyl (C=O) groups excluding carboxylic acids is 1. The number of alkyl halides is 3. The quantitative estimate of drug-likeness (QED) is 0.748. The minimum Gasteiger partial charge on any atom is -0.355 e. The molecule has 2 atom stereocenters. The number of amides is 1. The van der Waals surface area contributed by atoms with E-state index >= 15 is 0 Å². The molecule has 0 spiro atoms. The molecular formula is C11H20F3NO. The zero-order chi connectivity index (χ0) is 13.0. The van der Waals surface area contributed by atoms with Gasteiger partial charge in [0, 0.05) is 12.0 Å². The normalized spacial score (nSPS) is 30.2. The summed E-state index contributed by atoms with van der Waals surface area (Å²) in [6.07, 6.45) is -3.87. The van der Waals surface area contributed by atoms with Crippen molar-refractivity contribution in [1.29, 1.82) is 0 Å². The van der Waals surface area contributed by atoms with Gasteiger partial charge in [-0.2, -0.15) is 13.2 Å². The Morgan fingerprint density at radius 3 is 2.31 bits per heavy atom. The minimum absolute atomic E-state index is 0.0984. The van der Waals surface area contributed by atoms with Crippen LogP contribution in [0.2, 0.25) is 0 Å². The van der Waals surface area contributed by atoms with Crippen LogP contribution in [-0.2, 0) is 4.79 Å². The molecule has 0 aromatic heterocycles. The number of hydrogen-bond acceptors (Lipinski definition) is 1. The van der Waals surface area contributed by atoms with E-state index in [4.69, 9.17) is 0 Å². The van der Waals surface area contributed by atoms with Gasteiger partial charge < -0.3 is 5.32 Å². The van der Waals surface area contributed by atoms with Crippen molar-refractivity contribution in [3.63, 3.8) is 0 Å². The molecule has 1 saturated heterocycles. The molecule has 1 fully saturated rings. The summed E-state index contributed by atoms with van der Waals surface area (Å²) in [4.78, 5) is 11.3. The third-order valence-corrected chi connectivity index (χ3v) is 3.00. The Labute approximate surface area is 94.6 Å². The number of piperidine rings is 1. The van der Waals surface area contributed by atoms with Crippen LogP contribution in [0.4, 0.5) is 13.2 Å². The second-order valence-electron chi connectivity index (χ2n) is 4.07. The van der Waals surface area contributed by atoms with E-state index in [2.05, 4.69) is 5.32 Å². The molecule has 1 rings (SSSR count). The number of carbonyl (C=O) groups is 1. The summed E-state index contributed by atoms with van der Waals surface area (Å²) in [7, 11) is 0. The molecule has 1 amide bonds. The minimum atomic E-state index is -4.20. The number of nitrogens with one attached hydrogen (secondary N) is 1. The summed E-state index contributed by atoms with van der Waals surface area (Å²) >= 11 is 0. The molecule has 1 aliphatic heterocycles. The highest BCUT2D eigenvalue weighted by Crippen LogP contribution is 2.40. The summed E-state index contributed by atoms with van der Waals surface area (Å²) in [5, 5.41) is 2.32. The first-order valence-electron chi connectivity index (χ1n) is 5.64. The average molecular weight is 239 g/mol. The second kappa shape index (κ2) is 5.55. The zero-order valence-electron chi connectivity index (χ0n) is 10.2. The van der Waals surface area contributed by atoms with Crippen LogP contribution < -0.4 is 5.32 Å². The van der Waals surface area contributed by atoms with E-state index in [0.29, 0.717) is 6.42 Å². The van der Waals surface area contributed by atoms with Crippen LogP contribution in [-0.4, -0.2) is 18.6 Å². The predicted octanol–water partition coefficient (Wildman–Crippen LogP) is 3.13. The maximum Gasteiger partial charge on any atom is 0.393 e. The average Bonchev–Trinajstić information content (AvgIpc) is 2.24. The van der Waals surface area contributed by atoms with Crippen molar-refractivity contribution < 1.29 is 18.0 Å². The summed E-state index contributed by atoms with van der Waals surface area (Å²) in [5.41, 5.74) is -0.863. The lowest BCUT2D eigenvalue weighted by atomic mass is 9.75. The molecule has 0 aromatic carbocycles. The van der Waals surface area contributed by atoms with E-state index in [0.717, 1.165) is 0 Å². The maximum atomic E-state index is 12.4. The third kappa shape index (κ3) is 3.39. The van der Waals surface area contributed by atoms with Gasteiger partial charge in [0.25, 0.3) is 0 Å². The molecule has 0 bridgehead atoms. The first kappa shape index (κ1) is 15.3. The fourth-order valence-corrected chi connectivity index (χ4v) is 1.67. The van der Waals surface area contributed by atoms with E-state index in [1.54, 1.807) is 13.8 Å². The van der Waals surface area contributed by atoms with Crippen LogP contribution in [0, 0.1) is 11.3 Å². The number of hydrogen-bond donors (Lipinski definition) is 1. The van der Waals surface area contributed by atoms with Crippen molar-refractivity contribution in [2.45, 2.75) is 46.7 Å². The number of rotatable bonds is 1. The van der Waals surface area contributed by atoms with Gasteiger partial charge in [-0.25, -0.2) is 0 Å². The van der Waals surface area contributed by atoms with E-state index in [-0.39, 0.29) is 18.9 Å². The topological polar surface area (TPSA) is 29.1 Å². The van der Waals surface area contributed by atoms with Gasteiger partial charge in [-0.3, -0.25) is 4.79 Å². The lowest BCUT2D eigenvalue weighted by Crippen LogP contribution is -2.51. The van der Waals surface area contributed by atoms with Crippen molar-refractivity contribution in [3.8, 4) is 0 Å². The molecule has 1 N–H and O–H groups in total. The van der Waals surface area contributed by atoms with Gasteiger partial charge in [-0.15, -0.1) is 0 Å². The molecule has 16 heavy (non-hydrogen) atoms. The summed E-state index contributed by atoms with van der Waals surface area (Å²) in [5.74, 6) is -1.66. The highest BCUT2D eigenvalue weighted by atomic mass is 19.4. The standard InChI is InChI=1S/C9H14F3NO.C2H6/c1-3-8(2)4-6(9(10,11)12)5-13-7(8)14;1-2/h6H,3-5H2,1-2H3,(H,13,14);1-2H3. The molecule has 2 unspecified atom stereocenters. The predicted molar refractivity (Wildman–Crippen MR) is 56.9 cm³/mol. The highest BCUT2D eigenvalue weighted by Gasteiger charge is 2.48. The Balaban J connectivity index is 0.00000106. The smallest absolute Gasteiger partial charge is 0.355 e. The van der Waals surface area contributed by atoms with Crippen molar-refractivity contribution in [1.82, 2.24) is 5.32 Å². The zero-order valence-corrected chi connectivity index (χ0v) is 10.2. The summed E-state index contributed by atoms with van der Waals surface area (Å²) in [6.45, 7) is 7.04. The molecule has 0 saturated carbocycles. The lowest BCUT2D eigenvalue weighted by Gasteiger charge is -2.37. The van der Waals surface area contributed by atoms with Crippen LogP contribution in [0.25, 0.3) is 0 Å². The largest absolute Gasteiger partial charge is 0.393 e. The third-order valence-electron chi connectivity index (χ3n) is 3.00. The first-order valence-corrected chi connectivity index (χ1v) is 5.64. The van der Waals surface area contributed by atoms with Gasteiger partial charge >= 0.3 is 6.18 Å². The van der Waals surface area contributed by atoms with Crippen molar-refractivity contribution >= 4 is 5.91 Å². The fourth-order valence-electron chi connectivity index (χ4n) is 1.67. The molecule has 0 aliphatic carbocycles. The second-order valence-corrected chi connectivity index (χ2v) is 4.07. The van der Waals surface area contributed by atoms with Crippen LogP contribution in [0.1, 0.15) is 40.5 Å².